The highest BCUT2D eigenvalue weighted by Gasteiger charge is 2.53. The number of benzene rings is 1. The Kier molecular flexibility index (Phi) is 7.01. The van der Waals surface area contributed by atoms with Crippen molar-refractivity contribution < 1.29 is 27.5 Å². The van der Waals surface area contributed by atoms with E-state index >= 15 is 0 Å². The summed E-state index contributed by atoms with van der Waals surface area (Å²) in [5, 5.41) is 2.59. The molecule has 0 aliphatic carbocycles. The Morgan fingerprint density at radius 3 is 2.67 bits per heavy atom. The van der Waals surface area contributed by atoms with Crippen LogP contribution in [0.2, 0.25) is 0 Å². The van der Waals surface area contributed by atoms with Gasteiger partial charge in [0.05, 0.1) is 9.77 Å². The van der Waals surface area contributed by atoms with Crippen molar-refractivity contribution in [2.75, 3.05) is 30.8 Å². The van der Waals surface area contributed by atoms with Crippen molar-refractivity contribution in [3.8, 4) is 0 Å². The SMILES string of the molecule is C[C@]12CCC(=O)N1[C@@H](C(=O)OCC(=O)Nc1cccc(S(=O)(=O)N3CCCCCC3)c1)CS2. The number of anilines is 1. The van der Waals surface area contributed by atoms with Gasteiger partial charge < -0.3 is 15.0 Å². The number of nitrogens with one attached hydrogen (secondary N) is 1. The molecule has 0 unspecified atom stereocenters. The number of amides is 2. The molecule has 11 heteroatoms. The summed E-state index contributed by atoms with van der Waals surface area (Å²) in [5.41, 5.74) is 0.311. The van der Waals surface area contributed by atoms with Crippen LogP contribution in [0.4, 0.5) is 5.69 Å². The van der Waals surface area contributed by atoms with Crippen LogP contribution in [0.25, 0.3) is 0 Å². The molecule has 0 saturated carbocycles. The molecule has 2 amide bonds. The average Bonchev–Trinajstić information content (AvgIpc) is 3.12. The number of sulfonamides is 1. The first-order valence-corrected chi connectivity index (χ1v) is 13.7. The molecule has 3 saturated heterocycles. The summed E-state index contributed by atoms with van der Waals surface area (Å²) in [6, 6.07) is 5.40. The smallest absolute Gasteiger partial charge is 0.330 e. The van der Waals surface area contributed by atoms with Crippen molar-refractivity contribution in [2.45, 2.75) is 61.3 Å². The number of carbonyl (C=O) groups excluding carboxylic acids is 3. The van der Waals surface area contributed by atoms with Crippen LogP contribution in [-0.2, 0) is 29.1 Å². The number of carbonyl (C=O) groups is 3. The Hall–Kier alpha value is -2.11. The highest BCUT2D eigenvalue weighted by Crippen LogP contribution is 2.47. The van der Waals surface area contributed by atoms with Crippen LogP contribution in [0, 0.1) is 0 Å². The molecule has 3 fully saturated rings. The van der Waals surface area contributed by atoms with E-state index in [2.05, 4.69) is 5.32 Å². The van der Waals surface area contributed by atoms with E-state index in [1.165, 1.54) is 16.4 Å². The zero-order valence-corrected chi connectivity index (χ0v) is 20.3. The molecule has 3 heterocycles. The van der Waals surface area contributed by atoms with Crippen molar-refractivity contribution in [1.82, 2.24) is 9.21 Å². The molecule has 3 aliphatic rings. The quantitative estimate of drug-likeness (QED) is 0.602. The summed E-state index contributed by atoms with van der Waals surface area (Å²) < 4.78 is 32.7. The molecular formula is C22H29N3O6S2. The minimum atomic E-state index is -3.64. The second-order valence-electron chi connectivity index (χ2n) is 8.77. The maximum atomic E-state index is 13.0. The monoisotopic (exact) mass is 495 g/mol. The van der Waals surface area contributed by atoms with E-state index in [1.807, 2.05) is 6.92 Å². The standard InChI is InChI=1S/C22H29N3O6S2/c1-22-10-9-20(27)25(22)18(15-32-22)21(28)31-14-19(26)23-16-7-6-8-17(13-16)33(29,30)24-11-4-2-3-5-12-24/h6-8,13,18H,2-5,9-12,14-15H2,1H3,(H,23,26)/t18-,22+/m1/s1. The minimum absolute atomic E-state index is 0.0728. The van der Waals surface area contributed by atoms with Gasteiger partial charge >= 0.3 is 5.97 Å². The number of fused-ring (bicyclic) bond motifs is 1. The summed E-state index contributed by atoms with van der Waals surface area (Å²) in [4.78, 5) is 38.4. The molecule has 9 nitrogen and oxygen atoms in total. The first-order valence-electron chi connectivity index (χ1n) is 11.2. The van der Waals surface area contributed by atoms with Crippen LogP contribution in [0.5, 0.6) is 0 Å². The lowest BCUT2D eigenvalue weighted by Gasteiger charge is -2.29. The number of nitrogens with zero attached hydrogens (tertiary/aromatic N) is 2. The second kappa shape index (κ2) is 9.63. The van der Waals surface area contributed by atoms with E-state index in [-0.39, 0.29) is 15.7 Å². The molecule has 2 atom stereocenters. The van der Waals surface area contributed by atoms with Crippen molar-refractivity contribution >= 4 is 45.3 Å². The topological polar surface area (TPSA) is 113 Å². The van der Waals surface area contributed by atoms with E-state index in [1.54, 1.807) is 28.8 Å². The normalized spacial score (nSPS) is 26.0. The van der Waals surface area contributed by atoms with Gasteiger partial charge in [-0.05, 0) is 44.4 Å². The fraction of sp³-hybridized carbons (Fsp3) is 0.591. The Balaban J connectivity index is 1.34. The lowest BCUT2D eigenvalue weighted by atomic mass is 10.2. The van der Waals surface area contributed by atoms with Crippen LogP contribution < -0.4 is 5.32 Å². The largest absolute Gasteiger partial charge is 0.454 e. The molecule has 3 aliphatic heterocycles. The Labute approximate surface area is 198 Å². The number of ether oxygens (including phenoxy) is 1. The third-order valence-electron chi connectivity index (χ3n) is 6.38. The number of rotatable bonds is 6. The van der Waals surface area contributed by atoms with Gasteiger partial charge in [-0.2, -0.15) is 4.31 Å². The van der Waals surface area contributed by atoms with E-state index in [0.717, 1.165) is 25.7 Å². The predicted octanol–water partition coefficient (Wildman–Crippen LogP) is 2.19. The van der Waals surface area contributed by atoms with Gasteiger partial charge in [-0.1, -0.05) is 18.9 Å². The van der Waals surface area contributed by atoms with E-state index < -0.39 is 34.5 Å². The van der Waals surface area contributed by atoms with Crippen molar-refractivity contribution in [3.05, 3.63) is 24.3 Å². The molecule has 180 valence electrons. The third kappa shape index (κ3) is 5.04. The summed E-state index contributed by atoms with van der Waals surface area (Å²) >= 11 is 1.55. The van der Waals surface area contributed by atoms with Crippen molar-refractivity contribution in [1.29, 1.82) is 0 Å². The maximum Gasteiger partial charge on any atom is 0.330 e. The fourth-order valence-electron chi connectivity index (χ4n) is 4.59. The molecule has 4 rings (SSSR count). The molecular weight excluding hydrogens is 466 g/mol. The lowest BCUT2D eigenvalue weighted by molar-refractivity contribution is -0.155. The average molecular weight is 496 g/mol. The van der Waals surface area contributed by atoms with Gasteiger partial charge in [-0.3, -0.25) is 9.59 Å². The molecule has 0 bridgehead atoms. The van der Waals surface area contributed by atoms with Gasteiger partial charge in [0.1, 0.15) is 6.04 Å². The van der Waals surface area contributed by atoms with Crippen LogP contribution in [0.3, 0.4) is 0 Å². The number of hydrogen-bond donors (Lipinski definition) is 1. The van der Waals surface area contributed by atoms with Crippen LogP contribution in [-0.4, -0.2) is 71.8 Å². The Bertz CT molecular complexity index is 1040. The Morgan fingerprint density at radius 1 is 1.21 bits per heavy atom. The zero-order valence-electron chi connectivity index (χ0n) is 18.6. The molecule has 1 N–H and O–H groups in total. The summed E-state index contributed by atoms with van der Waals surface area (Å²) in [5.74, 6) is -0.807. The fourth-order valence-corrected chi connectivity index (χ4v) is 7.57. The van der Waals surface area contributed by atoms with Crippen molar-refractivity contribution in [2.24, 2.45) is 0 Å². The number of thioether (sulfide) groups is 1. The minimum Gasteiger partial charge on any atom is -0.454 e. The molecule has 0 radical (unpaired) electrons. The van der Waals surface area contributed by atoms with Crippen molar-refractivity contribution in [3.63, 3.8) is 0 Å². The first-order chi connectivity index (χ1) is 15.7. The molecule has 0 aromatic heterocycles. The van der Waals surface area contributed by atoms with E-state index in [4.69, 9.17) is 4.74 Å². The predicted molar refractivity (Wildman–Crippen MR) is 124 cm³/mol. The highest BCUT2D eigenvalue weighted by atomic mass is 32.2. The number of hydrogen-bond acceptors (Lipinski definition) is 7. The van der Waals surface area contributed by atoms with Gasteiger partial charge in [-0.25, -0.2) is 13.2 Å². The molecule has 0 spiro atoms. The maximum absolute atomic E-state index is 13.0. The molecule has 1 aromatic rings. The summed E-state index contributed by atoms with van der Waals surface area (Å²) in [6.45, 7) is 2.41. The summed E-state index contributed by atoms with van der Waals surface area (Å²) in [7, 11) is -3.64. The van der Waals surface area contributed by atoms with Gasteiger partial charge in [0.15, 0.2) is 6.61 Å². The number of esters is 1. The zero-order chi connectivity index (χ0) is 23.6. The Morgan fingerprint density at radius 2 is 1.94 bits per heavy atom. The van der Waals surface area contributed by atoms with Gasteiger partial charge in [0, 0.05) is 31.0 Å². The van der Waals surface area contributed by atoms with Crippen LogP contribution in [0.15, 0.2) is 29.2 Å². The third-order valence-corrected chi connectivity index (χ3v) is 9.78. The van der Waals surface area contributed by atoms with E-state index in [0.29, 0.717) is 37.4 Å². The molecule has 33 heavy (non-hydrogen) atoms. The highest BCUT2D eigenvalue weighted by molar-refractivity contribution is 8.01. The van der Waals surface area contributed by atoms with Gasteiger partial charge in [-0.15, -0.1) is 11.8 Å². The van der Waals surface area contributed by atoms with Crippen LogP contribution in [0.1, 0.15) is 45.4 Å². The molecule has 1 aromatic carbocycles. The van der Waals surface area contributed by atoms with Crippen LogP contribution >= 0.6 is 11.8 Å². The van der Waals surface area contributed by atoms with Gasteiger partial charge in [0.25, 0.3) is 5.91 Å². The lowest BCUT2D eigenvalue weighted by Crippen LogP contribution is -2.47. The first kappa shape index (κ1) is 24.0. The van der Waals surface area contributed by atoms with E-state index in [9.17, 15) is 22.8 Å². The van der Waals surface area contributed by atoms with Gasteiger partial charge in [0.2, 0.25) is 15.9 Å². The second-order valence-corrected chi connectivity index (χ2v) is 12.2. The summed E-state index contributed by atoms with van der Waals surface area (Å²) in [6.07, 6.45) is 4.81.